The normalized spacial score (nSPS) is 15.6. The van der Waals surface area contributed by atoms with E-state index in [0.29, 0.717) is 6.54 Å². The molecule has 0 unspecified atom stereocenters. The van der Waals surface area contributed by atoms with E-state index in [2.05, 4.69) is 27.7 Å². The fraction of sp³-hybridized carbons (Fsp3) is 0.407. The Bertz CT molecular complexity index is 932. The average Bonchev–Trinajstić information content (AvgIpc) is 3.10. The zero-order valence-electron chi connectivity index (χ0n) is 19.7. The molecule has 2 aromatic carbocycles. The lowest BCUT2D eigenvalue weighted by molar-refractivity contribution is -0.126. The largest absolute Gasteiger partial charge is 0.497 e. The monoisotopic (exact) mass is 449 g/mol. The fourth-order valence-electron chi connectivity index (χ4n) is 3.95. The molecule has 0 aliphatic carbocycles. The number of carbonyl (C=O) groups is 2. The maximum Gasteiger partial charge on any atom is 0.244 e. The van der Waals surface area contributed by atoms with Crippen LogP contribution in [0.5, 0.6) is 5.75 Å². The van der Waals surface area contributed by atoms with Crippen LogP contribution in [0.15, 0.2) is 54.6 Å². The van der Waals surface area contributed by atoms with Gasteiger partial charge in [-0.05, 0) is 67.8 Å². The number of ether oxygens (including phenoxy) is 1. The number of nitrogens with one attached hydrogen (secondary N) is 2. The van der Waals surface area contributed by atoms with Crippen LogP contribution in [-0.2, 0) is 22.7 Å². The summed E-state index contributed by atoms with van der Waals surface area (Å²) >= 11 is 0. The predicted octanol–water partition coefficient (Wildman–Crippen LogP) is 3.91. The van der Waals surface area contributed by atoms with Gasteiger partial charge in [-0.2, -0.15) is 0 Å². The van der Waals surface area contributed by atoms with E-state index in [0.717, 1.165) is 36.5 Å². The Morgan fingerprint density at radius 1 is 1.03 bits per heavy atom. The third-order valence-electron chi connectivity index (χ3n) is 5.86. The molecule has 2 aromatic rings. The Hall–Kier alpha value is -3.12. The number of methoxy groups -OCH3 is 1. The number of rotatable bonds is 9. The molecule has 2 N–H and O–H groups in total. The molecule has 1 saturated heterocycles. The highest BCUT2D eigenvalue weighted by Crippen LogP contribution is 2.15. The van der Waals surface area contributed by atoms with Crippen molar-refractivity contribution in [1.82, 2.24) is 15.5 Å². The first-order chi connectivity index (χ1) is 16.0. The van der Waals surface area contributed by atoms with Crippen molar-refractivity contribution in [2.45, 2.75) is 51.7 Å². The van der Waals surface area contributed by atoms with E-state index in [1.807, 2.05) is 36.4 Å². The summed E-state index contributed by atoms with van der Waals surface area (Å²) in [5.74, 6) is 0.237. The Balaban J connectivity index is 1.44. The van der Waals surface area contributed by atoms with Crippen molar-refractivity contribution in [2.24, 2.45) is 0 Å². The smallest absolute Gasteiger partial charge is 0.244 e. The number of nitrogens with zero attached hydrogens (tertiary/aromatic N) is 1. The van der Waals surface area contributed by atoms with Crippen molar-refractivity contribution >= 4 is 17.9 Å². The molecular formula is C27H35N3O3. The minimum absolute atomic E-state index is 0.209. The van der Waals surface area contributed by atoms with Gasteiger partial charge in [-0.3, -0.25) is 14.5 Å². The molecule has 33 heavy (non-hydrogen) atoms. The van der Waals surface area contributed by atoms with Crippen molar-refractivity contribution in [3.05, 3.63) is 71.3 Å². The lowest BCUT2D eigenvalue weighted by Gasteiger charge is -2.20. The number of amides is 2. The van der Waals surface area contributed by atoms with Gasteiger partial charge in [0.2, 0.25) is 11.8 Å². The van der Waals surface area contributed by atoms with Crippen molar-refractivity contribution in [1.29, 1.82) is 0 Å². The van der Waals surface area contributed by atoms with Gasteiger partial charge in [0.1, 0.15) is 11.8 Å². The molecule has 6 nitrogen and oxygen atoms in total. The van der Waals surface area contributed by atoms with Crippen molar-refractivity contribution in [2.75, 3.05) is 20.2 Å². The molecule has 1 aliphatic rings. The van der Waals surface area contributed by atoms with Crippen LogP contribution >= 0.6 is 0 Å². The van der Waals surface area contributed by atoms with Gasteiger partial charge in [0.15, 0.2) is 0 Å². The second-order valence-electron chi connectivity index (χ2n) is 8.56. The first kappa shape index (κ1) is 24.5. The zero-order chi connectivity index (χ0) is 23.5. The Labute approximate surface area is 197 Å². The topological polar surface area (TPSA) is 70.7 Å². The number of benzene rings is 2. The molecule has 2 amide bonds. The summed E-state index contributed by atoms with van der Waals surface area (Å²) in [5, 5.41) is 5.64. The quantitative estimate of drug-likeness (QED) is 0.570. The van der Waals surface area contributed by atoms with E-state index in [-0.39, 0.29) is 11.8 Å². The van der Waals surface area contributed by atoms with Gasteiger partial charge in [-0.1, -0.05) is 49.2 Å². The zero-order valence-corrected chi connectivity index (χ0v) is 19.7. The highest BCUT2D eigenvalue weighted by Gasteiger charge is 2.14. The summed E-state index contributed by atoms with van der Waals surface area (Å²) in [6, 6.07) is 15.1. The van der Waals surface area contributed by atoms with Gasteiger partial charge >= 0.3 is 0 Å². The first-order valence-corrected chi connectivity index (χ1v) is 11.7. The summed E-state index contributed by atoms with van der Waals surface area (Å²) in [6.07, 6.45) is 8.33. The molecule has 1 heterocycles. The summed E-state index contributed by atoms with van der Waals surface area (Å²) in [4.78, 5) is 27.2. The lowest BCUT2D eigenvalue weighted by Crippen LogP contribution is -2.44. The molecule has 0 bridgehead atoms. The number of likely N-dealkylation sites (tertiary alicyclic amines) is 1. The molecule has 1 atom stereocenters. The van der Waals surface area contributed by atoms with Crippen molar-refractivity contribution < 1.29 is 14.3 Å². The number of hydrogen-bond acceptors (Lipinski definition) is 4. The molecule has 176 valence electrons. The fourth-order valence-corrected chi connectivity index (χ4v) is 3.95. The van der Waals surface area contributed by atoms with E-state index >= 15 is 0 Å². The Morgan fingerprint density at radius 2 is 1.73 bits per heavy atom. The molecule has 1 aliphatic heterocycles. The van der Waals surface area contributed by atoms with E-state index in [1.165, 1.54) is 37.3 Å². The first-order valence-electron chi connectivity index (χ1n) is 11.7. The van der Waals surface area contributed by atoms with E-state index in [1.54, 1.807) is 20.1 Å². The third-order valence-corrected chi connectivity index (χ3v) is 5.86. The lowest BCUT2D eigenvalue weighted by atomic mass is 10.1. The minimum atomic E-state index is -0.627. The van der Waals surface area contributed by atoms with Crippen molar-refractivity contribution in [3.63, 3.8) is 0 Å². The van der Waals surface area contributed by atoms with Crippen LogP contribution in [-0.4, -0.2) is 43.0 Å². The van der Waals surface area contributed by atoms with Crippen LogP contribution in [0.4, 0.5) is 0 Å². The summed E-state index contributed by atoms with van der Waals surface area (Å²) < 4.78 is 5.12. The Kier molecular flexibility index (Phi) is 9.51. The van der Waals surface area contributed by atoms with Gasteiger partial charge in [-0.15, -0.1) is 0 Å². The minimum Gasteiger partial charge on any atom is -0.497 e. The summed E-state index contributed by atoms with van der Waals surface area (Å²) in [6.45, 7) is 5.39. The predicted molar refractivity (Wildman–Crippen MR) is 132 cm³/mol. The van der Waals surface area contributed by atoms with Crippen LogP contribution in [0.2, 0.25) is 0 Å². The third kappa shape index (κ3) is 8.39. The Morgan fingerprint density at radius 3 is 2.42 bits per heavy atom. The van der Waals surface area contributed by atoms with Gasteiger partial charge in [-0.25, -0.2) is 0 Å². The highest BCUT2D eigenvalue weighted by atomic mass is 16.5. The highest BCUT2D eigenvalue weighted by molar-refractivity contribution is 5.95. The van der Waals surface area contributed by atoms with Crippen molar-refractivity contribution in [3.8, 4) is 5.75 Å². The molecular weight excluding hydrogens is 414 g/mol. The molecule has 1 fully saturated rings. The van der Waals surface area contributed by atoms with Gasteiger partial charge in [0.05, 0.1) is 7.11 Å². The van der Waals surface area contributed by atoms with Gasteiger partial charge < -0.3 is 15.4 Å². The molecule has 0 aromatic heterocycles. The standard InChI is InChI=1S/C27H35N3O3/c1-21(29-26(31)15-12-22-10-13-25(33-2)14-11-22)27(32)28-19-23-8-7-9-24(18-23)20-30-16-5-3-4-6-17-30/h7-15,18,21H,3-6,16-17,19-20H2,1-2H3,(H,28,32)(H,29,31)/b15-12-/t21-/m0/s1. The second kappa shape index (κ2) is 12.8. The summed E-state index contributed by atoms with van der Waals surface area (Å²) in [5.41, 5.74) is 3.21. The van der Waals surface area contributed by atoms with Crippen LogP contribution < -0.4 is 15.4 Å². The maximum absolute atomic E-state index is 12.5. The molecule has 3 rings (SSSR count). The maximum atomic E-state index is 12.5. The van der Waals surface area contributed by atoms with Gasteiger partial charge in [0.25, 0.3) is 0 Å². The van der Waals surface area contributed by atoms with Gasteiger partial charge in [0, 0.05) is 19.2 Å². The van der Waals surface area contributed by atoms with Crippen LogP contribution in [0, 0.1) is 0 Å². The number of hydrogen-bond donors (Lipinski definition) is 2. The van der Waals surface area contributed by atoms with Crippen LogP contribution in [0.3, 0.4) is 0 Å². The average molecular weight is 450 g/mol. The van der Waals surface area contributed by atoms with Crippen LogP contribution in [0.25, 0.3) is 6.08 Å². The second-order valence-corrected chi connectivity index (χ2v) is 8.56. The SMILES string of the molecule is COc1ccc(/C=C\C(=O)N[C@@H](C)C(=O)NCc2cccc(CN3CCCCCC3)c2)cc1. The summed E-state index contributed by atoms with van der Waals surface area (Å²) in [7, 11) is 1.61. The molecule has 0 spiro atoms. The van der Waals surface area contributed by atoms with Crippen LogP contribution in [0.1, 0.15) is 49.3 Å². The van der Waals surface area contributed by atoms with E-state index in [9.17, 15) is 9.59 Å². The number of carbonyl (C=O) groups excluding carboxylic acids is 2. The van der Waals surface area contributed by atoms with E-state index in [4.69, 9.17) is 4.74 Å². The molecule has 0 radical (unpaired) electrons. The van der Waals surface area contributed by atoms with E-state index < -0.39 is 6.04 Å². The molecule has 0 saturated carbocycles. The molecule has 6 heteroatoms.